The van der Waals surface area contributed by atoms with E-state index in [1.807, 2.05) is 11.6 Å². The van der Waals surface area contributed by atoms with Crippen molar-refractivity contribution < 1.29 is 4.79 Å². The zero-order chi connectivity index (χ0) is 24.5. The molecule has 186 valence electrons. The quantitative estimate of drug-likeness (QED) is 0.298. The molecule has 0 radical (unpaired) electrons. The van der Waals surface area contributed by atoms with Crippen LogP contribution in [0.25, 0.3) is 0 Å². The molecule has 1 aromatic carbocycles. The second-order valence-corrected chi connectivity index (χ2v) is 12.3. The summed E-state index contributed by atoms with van der Waals surface area (Å²) < 4.78 is 2.44. The maximum absolute atomic E-state index is 13.3. The van der Waals surface area contributed by atoms with Gasteiger partial charge in [0, 0.05) is 48.7 Å². The van der Waals surface area contributed by atoms with Gasteiger partial charge in [-0.2, -0.15) is 0 Å². The summed E-state index contributed by atoms with van der Waals surface area (Å²) in [4.78, 5) is 17.9. The molecule has 0 saturated heterocycles. The highest BCUT2D eigenvalue weighted by molar-refractivity contribution is 7.09. The molecule has 0 bridgehead atoms. The fourth-order valence-corrected chi connectivity index (χ4v) is 6.51. The van der Waals surface area contributed by atoms with Crippen molar-refractivity contribution in [2.24, 2.45) is 11.8 Å². The number of nitrogens with zero attached hydrogens (tertiary/aromatic N) is 4. The van der Waals surface area contributed by atoms with Crippen LogP contribution in [0.2, 0.25) is 0 Å². The molecular formula is C29H38N4OS. The van der Waals surface area contributed by atoms with E-state index in [-0.39, 0.29) is 11.7 Å². The van der Waals surface area contributed by atoms with E-state index in [0.717, 1.165) is 34.7 Å². The van der Waals surface area contributed by atoms with Gasteiger partial charge in [0.2, 0.25) is 0 Å². The SMILES string of the molecule is Cc1ccc(CC(=O)C[C@@H](Cc2nccs2)c2nnc(C3CC(CC(C)C)C3)n2C2CC2)c(C)c1. The Labute approximate surface area is 213 Å². The third kappa shape index (κ3) is 5.74. The Bertz CT molecular complexity index is 1160. The molecular weight excluding hydrogens is 452 g/mol. The van der Waals surface area contributed by atoms with E-state index in [0.29, 0.717) is 24.8 Å². The fraction of sp³-hybridized carbons (Fsp3) is 0.586. The predicted molar refractivity (Wildman–Crippen MR) is 141 cm³/mol. The molecule has 0 aliphatic heterocycles. The summed E-state index contributed by atoms with van der Waals surface area (Å²) in [5.74, 6) is 4.57. The van der Waals surface area contributed by atoms with Crippen molar-refractivity contribution in [3.05, 3.63) is 63.1 Å². The summed E-state index contributed by atoms with van der Waals surface area (Å²) >= 11 is 1.67. The number of carbonyl (C=O) groups is 1. The van der Waals surface area contributed by atoms with Crippen LogP contribution < -0.4 is 0 Å². The molecule has 35 heavy (non-hydrogen) atoms. The molecule has 0 spiro atoms. The molecule has 0 N–H and O–H groups in total. The molecule has 3 aromatic rings. The molecule has 5 rings (SSSR count). The van der Waals surface area contributed by atoms with E-state index in [4.69, 9.17) is 10.2 Å². The maximum Gasteiger partial charge on any atom is 0.138 e. The van der Waals surface area contributed by atoms with Gasteiger partial charge in [-0.1, -0.05) is 37.6 Å². The number of hydrogen-bond donors (Lipinski definition) is 0. The van der Waals surface area contributed by atoms with Gasteiger partial charge in [0.1, 0.15) is 17.4 Å². The smallest absolute Gasteiger partial charge is 0.138 e. The van der Waals surface area contributed by atoms with Crippen LogP contribution in [0.5, 0.6) is 0 Å². The average molecular weight is 491 g/mol. The van der Waals surface area contributed by atoms with Crippen LogP contribution in [0.15, 0.2) is 29.8 Å². The molecule has 6 heteroatoms. The number of benzene rings is 1. The van der Waals surface area contributed by atoms with Crippen molar-refractivity contribution in [1.82, 2.24) is 19.7 Å². The van der Waals surface area contributed by atoms with Gasteiger partial charge in [-0.05, 0) is 68.9 Å². The second-order valence-electron chi connectivity index (χ2n) is 11.4. The molecule has 2 aliphatic carbocycles. The van der Waals surface area contributed by atoms with Gasteiger partial charge in [0.15, 0.2) is 0 Å². The summed E-state index contributed by atoms with van der Waals surface area (Å²) in [6, 6.07) is 6.88. The summed E-state index contributed by atoms with van der Waals surface area (Å²) in [6.45, 7) is 8.83. The third-order valence-electron chi connectivity index (χ3n) is 7.70. The van der Waals surface area contributed by atoms with Gasteiger partial charge in [-0.25, -0.2) is 4.98 Å². The fourth-order valence-electron chi connectivity index (χ4n) is 5.81. The molecule has 2 aromatic heterocycles. The van der Waals surface area contributed by atoms with Crippen molar-refractivity contribution >= 4 is 17.1 Å². The number of carbonyl (C=O) groups excluding carboxylic acids is 1. The van der Waals surface area contributed by atoms with Crippen LogP contribution in [0, 0.1) is 25.7 Å². The van der Waals surface area contributed by atoms with Crippen molar-refractivity contribution in [3.63, 3.8) is 0 Å². The Morgan fingerprint density at radius 3 is 2.63 bits per heavy atom. The molecule has 2 saturated carbocycles. The van der Waals surface area contributed by atoms with Gasteiger partial charge < -0.3 is 4.57 Å². The topological polar surface area (TPSA) is 60.7 Å². The third-order valence-corrected chi connectivity index (χ3v) is 8.50. The van der Waals surface area contributed by atoms with Gasteiger partial charge in [-0.15, -0.1) is 21.5 Å². The van der Waals surface area contributed by atoms with Crippen molar-refractivity contribution in [3.8, 4) is 0 Å². The minimum atomic E-state index is 0.0211. The van der Waals surface area contributed by atoms with Crippen molar-refractivity contribution in [2.75, 3.05) is 0 Å². The van der Waals surface area contributed by atoms with E-state index in [2.05, 4.69) is 55.4 Å². The molecule has 2 aliphatic rings. The maximum atomic E-state index is 13.3. The Hall–Kier alpha value is -2.34. The molecule has 2 heterocycles. The van der Waals surface area contributed by atoms with Crippen LogP contribution in [0.4, 0.5) is 0 Å². The highest BCUT2D eigenvalue weighted by atomic mass is 32.1. The second kappa shape index (κ2) is 10.3. The van der Waals surface area contributed by atoms with Crippen LogP contribution in [-0.2, 0) is 17.6 Å². The van der Waals surface area contributed by atoms with E-state index in [9.17, 15) is 4.79 Å². The lowest BCUT2D eigenvalue weighted by molar-refractivity contribution is -0.118. The Morgan fingerprint density at radius 2 is 1.97 bits per heavy atom. The van der Waals surface area contributed by atoms with Gasteiger partial charge in [0.05, 0.1) is 5.01 Å². The minimum Gasteiger partial charge on any atom is -0.311 e. The number of thiazole rings is 1. The number of aryl methyl sites for hydroxylation is 2. The number of aromatic nitrogens is 4. The van der Waals surface area contributed by atoms with Crippen molar-refractivity contribution in [2.45, 2.75) is 96.9 Å². The highest BCUT2D eigenvalue weighted by Gasteiger charge is 2.39. The summed E-state index contributed by atoms with van der Waals surface area (Å²) in [7, 11) is 0. The molecule has 2 fully saturated rings. The van der Waals surface area contributed by atoms with Crippen LogP contribution >= 0.6 is 11.3 Å². The summed E-state index contributed by atoms with van der Waals surface area (Å²) in [5, 5.41) is 12.6. The van der Waals surface area contributed by atoms with E-state index in [1.54, 1.807) is 11.3 Å². The van der Waals surface area contributed by atoms with Gasteiger partial charge in [0.25, 0.3) is 0 Å². The summed E-state index contributed by atoms with van der Waals surface area (Å²) in [5.41, 5.74) is 3.56. The van der Waals surface area contributed by atoms with Gasteiger partial charge >= 0.3 is 0 Å². The first-order chi connectivity index (χ1) is 16.9. The lowest BCUT2D eigenvalue weighted by Crippen LogP contribution is -2.26. The zero-order valence-corrected chi connectivity index (χ0v) is 22.4. The molecule has 0 amide bonds. The predicted octanol–water partition coefficient (Wildman–Crippen LogP) is 6.75. The Kier molecular flexibility index (Phi) is 7.19. The lowest BCUT2D eigenvalue weighted by Gasteiger charge is -2.36. The van der Waals surface area contributed by atoms with Crippen LogP contribution in [0.1, 0.15) is 104 Å². The van der Waals surface area contributed by atoms with Gasteiger partial charge in [-0.3, -0.25) is 4.79 Å². The molecule has 1 atom stereocenters. The number of rotatable bonds is 11. The largest absolute Gasteiger partial charge is 0.311 e. The monoisotopic (exact) mass is 490 g/mol. The molecule has 5 nitrogen and oxygen atoms in total. The first-order valence-corrected chi connectivity index (χ1v) is 14.2. The Morgan fingerprint density at radius 1 is 1.17 bits per heavy atom. The first-order valence-electron chi connectivity index (χ1n) is 13.3. The minimum absolute atomic E-state index is 0.0211. The number of ketones is 1. The number of hydrogen-bond acceptors (Lipinski definition) is 5. The standard InChI is InChI=1S/C29H38N4OS/c1-18(2)11-21-13-23(14-21)28-31-32-29(33(28)25-7-8-25)24(17-27-30-9-10-35-27)16-26(34)15-22-6-5-19(3)12-20(22)4/h5-6,9-10,12,18,21,23-25H,7-8,11,13-17H2,1-4H3/t21?,23?,24-/m0/s1. The Balaban J connectivity index is 1.37. The average Bonchev–Trinajstić information content (AvgIpc) is 3.30. The van der Waals surface area contributed by atoms with Crippen LogP contribution in [0.3, 0.4) is 0 Å². The first kappa shape index (κ1) is 24.4. The van der Waals surface area contributed by atoms with Crippen molar-refractivity contribution in [1.29, 1.82) is 0 Å². The van der Waals surface area contributed by atoms with E-state index < -0.39 is 0 Å². The van der Waals surface area contributed by atoms with E-state index >= 15 is 0 Å². The lowest BCUT2D eigenvalue weighted by atomic mass is 9.71. The van der Waals surface area contributed by atoms with Crippen LogP contribution in [-0.4, -0.2) is 25.5 Å². The molecule has 0 unspecified atom stereocenters. The highest BCUT2D eigenvalue weighted by Crippen LogP contribution is 2.48. The van der Waals surface area contributed by atoms with E-state index in [1.165, 1.54) is 49.1 Å². The summed E-state index contributed by atoms with van der Waals surface area (Å²) in [6.07, 6.45) is 9.72. The zero-order valence-electron chi connectivity index (χ0n) is 21.5. The number of Topliss-reactive ketones (excluding diaryl/α,β-unsaturated/α-hetero) is 1. The normalized spacial score (nSPS) is 20.7.